The second kappa shape index (κ2) is 6.96. The number of benzene rings is 2. The van der Waals surface area contributed by atoms with Crippen LogP contribution in [0.5, 0.6) is 0 Å². The Morgan fingerprint density at radius 2 is 1.79 bits per heavy atom. The standard InChI is InChI=1S/C22H21N3O3/c1-3-22(17-11-9-15(2)10-12-17)20(26)25(21(27)24-22)14-19-23-13-18(28-19)16-7-5-4-6-8-16/h4-13H,3,14H2,1-2H3,(H,24,27)/t22-/m1/s1. The van der Waals surface area contributed by atoms with Crippen molar-refractivity contribution >= 4 is 11.9 Å². The summed E-state index contributed by atoms with van der Waals surface area (Å²) in [5, 5.41) is 2.88. The molecule has 1 atom stereocenters. The molecule has 3 aromatic rings. The number of hydrogen-bond donors (Lipinski definition) is 1. The molecule has 0 saturated carbocycles. The highest BCUT2D eigenvalue weighted by Gasteiger charge is 2.51. The first kappa shape index (κ1) is 18.0. The Labute approximate surface area is 163 Å². The van der Waals surface area contributed by atoms with Gasteiger partial charge in [-0.2, -0.15) is 0 Å². The summed E-state index contributed by atoms with van der Waals surface area (Å²) in [4.78, 5) is 31.2. The van der Waals surface area contributed by atoms with E-state index in [-0.39, 0.29) is 12.5 Å². The van der Waals surface area contributed by atoms with Crippen molar-refractivity contribution in [3.05, 3.63) is 77.8 Å². The van der Waals surface area contributed by atoms with E-state index in [1.807, 2.05) is 68.4 Å². The summed E-state index contributed by atoms with van der Waals surface area (Å²) < 4.78 is 5.77. The van der Waals surface area contributed by atoms with Crippen LogP contribution in [-0.4, -0.2) is 21.8 Å². The molecule has 2 aromatic carbocycles. The number of rotatable bonds is 5. The Bertz CT molecular complexity index is 1010. The Kier molecular flexibility index (Phi) is 4.47. The monoisotopic (exact) mass is 375 g/mol. The predicted octanol–water partition coefficient (Wildman–Crippen LogP) is 4.01. The van der Waals surface area contributed by atoms with Crippen molar-refractivity contribution in [2.24, 2.45) is 0 Å². The summed E-state index contributed by atoms with van der Waals surface area (Å²) in [6, 6.07) is 16.8. The molecule has 1 aliphatic heterocycles. The fourth-order valence-electron chi connectivity index (χ4n) is 3.50. The van der Waals surface area contributed by atoms with Gasteiger partial charge in [0.15, 0.2) is 5.76 Å². The SMILES string of the molecule is CC[C@]1(c2ccc(C)cc2)NC(=O)N(Cc2ncc(-c3ccccc3)o2)C1=O. The average molecular weight is 375 g/mol. The number of carbonyl (C=O) groups is 2. The minimum absolute atomic E-state index is 0.00882. The summed E-state index contributed by atoms with van der Waals surface area (Å²) in [5.41, 5.74) is 1.70. The molecule has 1 aliphatic rings. The summed E-state index contributed by atoms with van der Waals surface area (Å²) in [6.45, 7) is 3.86. The van der Waals surface area contributed by atoms with Crippen LogP contribution in [0.3, 0.4) is 0 Å². The summed E-state index contributed by atoms with van der Waals surface area (Å²) >= 11 is 0. The number of carbonyl (C=O) groups excluding carboxylic acids is 2. The lowest BCUT2D eigenvalue weighted by atomic mass is 9.87. The van der Waals surface area contributed by atoms with E-state index in [1.165, 1.54) is 4.90 Å². The number of urea groups is 1. The van der Waals surface area contributed by atoms with Gasteiger partial charge < -0.3 is 9.73 Å². The van der Waals surface area contributed by atoms with E-state index >= 15 is 0 Å². The Hall–Kier alpha value is -3.41. The lowest BCUT2D eigenvalue weighted by Crippen LogP contribution is -2.43. The van der Waals surface area contributed by atoms with Crippen LogP contribution in [0.4, 0.5) is 4.79 Å². The zero-order valence-corrected chi connectivity index (χ0v) is 15.8. The molecule has 0 unspecified atom stereocenters. The maximum Gasteiger partial charge on any atom is 0.325 e. The van der Waals surface area contributed by atoms with Gasteiger partial charge in [0.1, 0.15) is 12.1 Å². The number of imide groups is 1. The van der Waals surface area contributed by atoms with Crippen molar-refractivity contribution in [1.29, 1.82) is 0 Å². The Morgan fingerprint density at radius 3 is 2.46 bits per heavy atom. The highest BCUT2D eigenvalue weighted by molar-refractivity contribution is 6.07. The van der Waals surface area contributed by atoms with Crippen LogP contribution in [0.25, 0.3) is 11.3 Å². The van der Waals surface area contributed by atoms with Crippen LogP contribution in [0.15, 0.2) is 65.2 Å². The molecule has 0 spiro atoms. The maximum absolute atomic E-state index is 13.2. The fourth-order valence-corrected chi connectivity index (χ4v) is 3.50. The second-order valence-corrected chi connectivity index (χ2v) is 6.93. The normalized spacial score (nSPS) is 19.1. The quantitative estimate of drug-likeness (QED) is 0.684. The van der Waals surface area contributed by atoms with Gasteiger partial charge in [-0.1, -0.05) is 67.1 Å². The number of aryl methyl sites for hydroxylation is 1. The number of amides is 3. The molecular weight excluding hydrogens is 354 g/mol. The molecule has 1 fully saturated rings. The zero-order chi connectivity index (χ0) is 19.7. The van der Waals surface area contributed by atoms with Crippen LogP contribution >= 0.6 is 0 Å². The number of aromatic nitrogens is 1. The van der Waals surface area contributed by atoms with Gasteiger partial charge in [-0.05, 0) is 18.9 Å². The minimum Gasteiger partial charge on any atom is -0.439 e. The first-order chi connectivity index (χ1) is 13.5. The summed E-state index contributed by atoms with van der Waals surface area (Å²) in [5.74, 6) is 0.629. The summed E-state index contributed by atoms with van der Waals surface area (Å²) in [6.07, 6.45) is 2.06. The first-order valence-electron chi connectivity index (χ1n) is 9.25. The van der Waals surface area contributed by atoms with Crippen molar-refractivity contribution in [3.63, 3.8) is 0 Å². The molecule has 6 nitrogen and oxygen atoms in total. The highest BCUT2D eigenvalue weighted by Crippen LogP contribution is 2.33. The number of hydrogen-bond acceptors (Lipinski definition) is 4. The maximum atomic E-state index is 13.2. The van der Waals surface area contributed by atoms with E-state index in [1.54, 1.807) is 6.20 Å². The topological polar surface area (TPSA) is 75.4 Å². The van der Waals surface area contributed by atoms with Crippen LogP contribution in [-0.2, 0) is 16.9 Å². The van der Waals surface area contributed by atoms with Gasteiger partial charge in [-0.3, -0.25) is 9.69 Å². The number of nitrogens with one attached hydrogen (secondary N) is 1. The molecule has 1 aromatic heterocycles. The van der Waals surface area contributed by atoms with Crippen molar-refractivity contribution in [1.82, 2.24) is 15.2 Å². The van der Waals surface area contributed by atoms with Crippen molar-refractivity contribution < 1.29 is 14.0 Å². The summed E-state index contributed by atoms with van der Waals surface area (Å²) in [7, 11) is 0. The third-order valence-corrected chi connectivity index (χ3v) is 5.16. The molecule has 3 amide bonds. The molecule has 142 valence electrons. The second-order valence-electron chi connectivity index (χ2n) is 6.93. The van der Waals surface area contributed by atoms with Crippen molar-refractivity contribution in [2.75, 3.05) is 0 Å². The molecular formula is C22H21N3O3. The highest BCUT2D eigenvalue weighted by atomic mass is 16.4. The number of nitrogens with zero attached hydrogens (tertiary/aromatic N) is 2. The van der Waals surface area contributed by atoms with E-state index in [0.717, 1.165) is 16.7 Å². The molecule has 0 aliphatic carbocycles. The zero-order valence-electron chi connectivity index (χ0n) is 15.8. The molecule has 6 heteroatoms. The first-order valence-corrected chi connectivity index (χ1v) is 9.25. The van der Waals surface area contributed by atoms with Crippen LogP contribution in [0.2, 0.25) is 0 Å². The van der Waals surface area contributed by atoms with E-state index < -0.39 is 11.6 Å². The average Bonchev–Trinajstić information content (AvgIpc) is 3.28. The van der Waals surface area contributed by atoms with Crippen LogP contribution in [0.1, 0.15) is 30.4 Å². The molecule has 0 radical (unpaired) electrons. The fraction of sp³-hybridized carbons (Fsp3) is 0.227. The molecule has 0 bridgehead atoms. The minimum atomic E-state index is -1.06. The molecule has 1 N–H and O–H groups in total. The lowest BCUT2D eigenvalue weighted by Gasteiger charge is -2.25. The van der Waals surface area contributed by atoms with Gasteiger partial charge in [-0.25, -0.2) is 9.78 Å². The number of oxazole rings is 1. The smallest absolute Gasteiger partial charge is 0.325 e. The Morgan fingerprint density at radius 1 is 1.07 bits per heavy atom. The van der Waals surface area contributed by atoms with Gasteiger partial charge >= 0.3 is 6.03 Å². The van der Waals surface area contributed by atoms with Gasteiger partial charge in [0, 0.05) is 5.56 Å². The third-order valence-electron chi connectivity index (χ3n) is 5.16. The Balaban J connectivity index is 1.59. The van der Waals surface area contributed by atoms with Gasteiger partial charge in [0.2, 0.25) is 5.89 Å². The lowest BCUT2D eigenvalue weighted by molar-refractivity contribution is -0.132. The van der Waals surface area contributed by atoms with E-state index in [4.69, 9.17) is 4.42 Å². The van der Waals surface area contributed by atoms with E-state index in [0.29, 0.717) is 18.1 Å². The van der Waals surface area contributed by atoms with Gasteiger partial charge in [-0.15, -0.1) is 0 Å². The van der Waals surface area contributed by atoms with E-state index in [2.05, 4.69) is 10.3 Å². The predicted molar refractivity (Wildman–Crippen MR) is 104 cm³/mol. The van der Waals surface area contributed by atoms with Crippen molar-refractivity contribution in [2.45, 2.75) is 32.4 Å². The largest absolute Gasteiger partial charge is 0.439 e. The van der Waals surface area contributed by atoms with Gasteiger partial charge in [0.25, 0.3) is 5.91 Å². The molecule has 4 rings (SSSR count). The molecule has 2 heterocycles. The van der Waals surface area contributed by atoms with Crippen LogP contribution < -0.4 is 5.32 Å². The molecule has 28 heavy (non-hydrogen) atoms. The van der Waals surface area contributed by atoms with E-state index in [9.17, 15) is 9.59 Å². The molecule has 1 saturated heterocycles. The van der Waals surface area contributed by atoms with Crippen molar-refractivity contribution in [3.8, 4) is 11.3 Å². The third kappa shape index (κ3) is 2.97. The van der Waals surface area contributed by atoms with Crippen LogP contribution in [0, 0.1) is 6.92 Å². The van der Waals surface area contributed by atoms with Gasteiger partial charge in [0.05, 0.1) is 6.20 Å².